The molecule has 1 aromatic carbocycles. The largest absolute Gasteiger partial charge is 0.466 e. The van der Waals surface area contributed by atoms with Gasteiger partial charge in [-0.2, -0.15) is 0 Å². The summed E-state index contributed by atoms with van der Waals surface area (Å²) in [5.74, 6) is 1.08. The standard InChI is InChI=1S/C19H19NO3S2/c1-2-24-15-8-4-3-7-14(15)18(21)20-13-19(22,16-9-5-11-23-16)17-10-6-12-25-17/h3-12,22H,2,13H2,1H3,(H,20,21). The summed E-state index contributed by atoms with van der Waals surface area (Å²) < 4.78 is 5.42. The van der Waals surface area contributed by atoms with Crippen LogP contribution in [0.4, 0.5) is 0 Å². The van der Waals surface area contributed by atoms with Crippen LogP contribution in [0.2, 0.25) is 0 Å². The van der Waals surface area contributed by atoms with E-state index in [2.05, 4.69) is 5.32 Å². The number of furan rings is 1. The lowest BCUT2D eigenvalue weighted by molar-refractivity contribution is 0.0553. The maximum absolute atomic E-state index is 12.7. The number of amides is 1. The van der Waals surface area contributed by atoms with Gasteiger partial charge in [-0.15, -0.1) is 23.1 Å². The van der Waals surface area contributed by atoms with Crippen molar-refractivity contribution < 1.29 is 14.3 Å². The van der Waals surface area contributed by atoms with E-state index in [4.69, 9.17) is 4.42 Å². The third kappa shape index (κ3) is 3.81. The number of carbonyl (C=O) groups is 1. The first kappa shape index (κ1) is 17.8. The first-order valence-electron chi connectivity index (χ1n) is 7.95. The second-order valence-electron chi connectivity index (χ2n) is 5.43. The molecule has 6 heteroatoms. The molecule has 1 amide bonds. The van der Waals surface area contributed by atoms with Crippen LogP contribution in [0.25, 0.3) is 0 Å². The van der Waals surface area contributed by atoms with Gasteiger partial charge in [0.1, 0.15) is 5.76 Å². The molecule has 0 radical (unpaired) electrons. The van der Waals surface area contributed by atoms with Crippen molar-refractivity contribution in [2.24, 2.45) is 0 Å². The fourth-order valence-electron chi connectivity index (χ4n) is 2.56. The number of hydrogen-bond acceptors (Lipinski definition) is 5. The molecule has 0 saturated carbocycles. The first-order chi connectivity index (χ1) is 12.1. The summed E-state index contributed by atoms with van der Waals surface area (Å²) in [4.78, 5) is 14.3. The van der Waals surface area contributed by atoms with E-state index < -0.39 is 5.60 Å². The van der Waals surface area contributed by atoms with Crippen LogP contribution in [0.5, 0.6) is 0 Å². The SMILES string of the molecule is CCSc1ccccc1C(=O)NCC(O)(c1ccco1)c1cccs1. The Bertz CT molecular complexity index is 779. The van der Waals surface area contributed by atoms with Crippen LogP contribution < -0.4 is 5.32 Å². The van der Waals surface area contributed by atoms with Gasteiger partial charge in [0.2, 0.25) is 0 Å². The van der Waals surface area contributed by atoms with Crippen LogP contribution in [-0.4, -0.2) is 23.3 Å². The zero-order valence-electron chi connectivity index (χ0n) is 13.8. The van der Waals surface area contributed by atoms with E-state index in [0.29, 0.717) is 11.3 Å². The summed E-state index contributed by atoms with van der Waals surface area (Å²) in [5, 5.41) is 15.9. The Labute approximate surface area is 154 Å². The number of thiophene rings is 1. The molecule has 130 valence electrons. The molecule has 2 aromatic heterocycles. The lowest BCUT2D eigenvalue weighted by atomic mass is 9.98. The Morgan fingerprint density at radius 2 is 2.08 bits per heavy atom. The highest BCUT2D eigenvalue weighted by Crippen LogP contribution is 2.33. The topological polar surface area (TPSA) is 62.5 Å². The van der Waals surface area contributed by atoms with Crippen LogP contribution in [0, 0.1) is 0 Å². The van der Waals surface area contributed by atoms with Crippen LogP contribution in [-0.2, 0) is 5.60 Å². The van der Waals surface area contributed by atoms with Crippen LogP contribution in [0.1, 0.15) is 27.9 Å². The van der Waals surface area contributed by atoms with Gasteiger partial charge in [-0.1, -0.05) is 25.1 Å². The molecule has 1 unspecified atom stereocenters. The lowest BCUT2D eigenvalue weighted by Gasteiger charge is -2.25. The third-order valence-electron chi connectivity index (χ3n) is 3.79. The van der Waals surface area contributed by atoms with Gasteiger partial charge < -0.3 is 14.8 Å². The zero-order valence-corrected chi connectivity index (χ0v) is 15.4. The number of thioether (sulfide) groups is 1. The van der Waals surface area contributed by atoms with Crippen molar-refractivity contribution in [3.8, 4) is 0 Å². The van der Waals surface area contributed by atoms with Gasteiger partial charge >= 0.3 is 0 Å². The molecule has 3 rings (SSSR count). The monoisotopic (exact) mass is 373 g/mol. The molecule has 0 saturated heterocycles. The molecular weight excluding hydrogens is 354 g/mol. The maximum Gasteiger partial charge on any atom is 0.252 e. The number of benzene rings is 1. The van der Waals surface area contributed by atoms with Crippen LogP contribution in [0.3, 0.4) is 0 Å². The molecule has 0 aliphatic heterocycles. The summed E-state index contributed by atoms with van der Waals surface area (Å²) in [5.41, 5.74) is -0.775. The normalized spacial score (nSPS) is 13.4. The van der Waals surface area contributed by atoms with Gasteiger partial charge in [-0.3, -0.25) is 4.79 Å². The Morgan fingerprint density at radius 1 is 1.24 bits per heavy atom. The Morgan fingerprint density at radius 3 is 2.76 bits per heavy atom. The summed E-state index contributed by atoms with van der Waals surface area (Å²) in [7, 11) is 0. The van der Waals surface area contributed by atoms with E-state index in [9.17, 15) is 9.90 Å². The zero-order chi connectivity index (χ0) is 17.7. The smallest absolute Gasteiger partial charge is 0.252 e. The van der Waals surface area contributed by atoms with Crippen LogP contribution in [0.15, 0.2) is 69.5 Å². The van der Waals surface area contributed by atoms with Crippen molar-refractivity contribution in [3.05, 3.63) is 76.4 Å². The Hall–Kier alpha value is -2.02. The quantitative estimate of drug-likeness (QED) is 0.612. The molecule has 2 heterocycles. The average molecular weight is 373 g/mol. The van der Waals surface area contributed by atoms with Gasteiger partial charge in [-0.05, 0) is 41.5 Å². The number of aliphatic hydroxyl groups is 1. The molecule has 4 nitrogen and oxygen atoms in total. The van der Waals surface area contributed by atoms with Crippen molar-refractivity contribution in [2.75, 3.05) is 12.3 Å². The fraction of sp³-hybridized carbons (Fsp3) is 0.211. The number of carbonyl (C=O) groups excluding carboxylic acids is 1. The van der Waals surface area contributed by atoms with Crippen molar-refractivity contribution in [2.45, 2.75) is 17.4 Å². The van der Waals surface area contributed by atoms with E-state index in [1.807, 2.05) is 42.6 Å². The lowest BCUT2D eigenvalue weighted by Crippen LogP contribution is -2.41. The van der Waals surface area contributed by atoms with E-state index in [0.717, 1.165) is 15.5 Å². The van der Waals surface area contributed by atoms with Crippen molar-refractivity contribution in [1.82, 2.24) is 5.32 Å². The number of rotatable bonds is 7. The molecule has 25 heavy (non-hydrogen) atoms. The third-order valence-corrected chi connectivity index (χ3v) is 5.77. The first-order valence-corrected chi connectivity index (χ1v) is 9.82. The number of nitrogens with one attached hydrogen (secondary N) is 1. The van der Waals surface area contributed by atoms with E-state index in [-0.39, 0.29) is 12.5 Å². The Kier molecular flexibility index (Phi) is 5.63. The predicted molar refractivity (Wildman–Crippen MR) is 101 cm³/mol. The van der Waals surface area contributed by atoms with Gasteiger partial charge in [0, 0.05) is 9.77 Å². The Balaban J connectivity index is 1.82. The highest BCUT2D eigenvalue weighted by atomic mass is 32.2. The van der Waals surface area contributed by atoms with E-state index in [1.165, 1.54) is 17.6 Å². The highest BCUT2D eigenvalue weighted by molar-refractivity contribution is 7.99. The minimum Gasteiger partial charge on any atom is -0.466 e. The predicted octanol–water partition coefficient (Wildman–Crippen LogP) is 4.12. The van der Waals surface area contributed by atoms with E-state index in [1.54, 1.807) is 30.0 Å². The molecule has 0 bridgehead atoms. The maximum atomic E-state index is 12.7. The van der Waals surface area contributed by atoms with Crippen molar-refractivity contribution in [1.29, 1.82) is 0 Å². The highest BCUT2D eigenvalue weighted by Gasteiger charge is 2.36. The fourth-order valence-corrected chi connectivity index (χ4v) is 4.19. The van der Waals surface area contributed by atoms with Crippen molar-refractivity contribution in [3.63, 3.8) is 0 Å². The van der Waals surface area contributed by atoms with Gasteiger partial charge in [0.25, 0.3) is 5.91 Å². The van der Waals surface area contributed by atoms with Gasteiger partial charge in [-0.25, -0.2) is 0 Å². The minimum absolute atomic E-state index is 0.0327. The molecule has 2 N–H and O–H groups in total. The molecule has 0 aliphatic carbocycles. The van der Waals surface area contributed by atoms with Gasteiger partial charge in [0.05, 0.1) is 18.4 Å². The molecule has 0 spiro atoms. The summed E-state index contributed by atoms with van der Waals surface area (Å²) in [6.07, 6.45) is 1.52. The summed E-state index contributed by atoms with van der Waals surface area (Å²) in [6.45, 7) is 2.08. The molecule has 1 atom stereocenters. The van der Waals surface area contributed by atoms with Gasteiger partial charge in [0.15, 0.2) is 5.60 Å². The van der Waals surface area contributed by atoms with E-state index >= 15 is 0 Å². The van der Waals surface area contributed by atoms with Crippen LogP contribution >= 0.6 is 23.1 Å². The molecule has 3 aromatic rings. The second kappa shape index (κ2) is 7.91. The summed E-state index contributed by atoms with van der Waals surface area (Å²) in [6, 6.07) is 14.6. The van der Waals surface area contributed by atoms with Crippen molar-refractivity contribution >= 4 is 29.0 Å². The second-order valence-corrected chi connectivity index (χ2v) is 7.68. The average Bonchev–Trinajstić information content (AvgIpc) is 3.34. The molecular formula is C19H19NO3S2. The summed E-state index contributed by atoms with van der Waals surface area (Å²) >= 11 is 3.04. The molecule has 0 fully saturated rings. The minimum atomic E-state index is -1.39. The number of hydrogen-bond donors (Lipinski definition) is 2. The molecule has 0 aliphatic rings.